The molecule has 2 saturated carbocycles. The number of rotatable bonds is 5. The van der Waals surface area contributed by atoms with Gasteiger partial charge in [0.1, 0.15) is 5.01 Å². The van der Waals surface area contributed by atoms with Crippen LogP contribution >= 0.6 is 22.7 Å². The molecule has 0 spiro atoms. The molecule has 130 valence electrons. The molecule has 2 nitrogen and oxygen atoms in total. The van der Waals surface area contributed by atoms with Gasteiger partial charge in [-0.05, 0) is 61.3 Å². The van der Waals surface area contributed by atoms with Crippen molar-refractivity contribution in [1.29, 1.82) is 0 Å². The molecule has 0 aromatic carbocycles. The van der Waals surface area contributed by atoms with E-state index in [-0.39, 0.29) is 0 Å². The average molecular weight is 361 g/mol. The van der Waals surface area contributed by atoms with Crippen LogP contribution in [0, 0.1) is 17.8 Å². The molecular weight excluding hydrogens is 332 g/mol. The predicted octanol–water partition coefficient (Wildman–Crippen LogP) is 5.96. The van der Waals surface area contributed by atoms with Crippen molar-refractivity contribution in [3.63, 3.8) is 0 Å². The summed E-state index contributed by atoms with van der Waals surface area (Å²) in [6.07, 6.45) is 10.5. The van der Waals surface area contributed by atoms with E-state index in [1.807, 2.05) is 11.3 Å². The molecule has 0 aliphatic heterocycles. The van der Waals surface area contributed by atoms with Crippen LogP contribution < -0.4 is 5.32 Å². The van der Waals surface area contributed by atoms with Gasteiger partial charge >= 0.3 is 0 Å². The van der Waals surface area contributed by atoms with Gasteiger partial charge in [-0.1, -0.05) is 26.3 Å². The summed E-state index contributed by atoms with van der Waals surface area (Å²) in [7, 11) is 0. The lowest BCUT2D eigenvalue weighted by Crippen LogP contribution is -2.54. The minimum atomic E-state index is 0.383. The van der Waals surface area contributed by atoms with Crippen LogP contribution in [0.3, 0.4) is 0 Å². The highest BCUT2D eigenvalue weighted by Crippen LogP contribution is 2.48. The summed E-state index contributed by atoms with van der Waals surface area (Å²) in [4.78, 5) is 7.30. The summed E-state index contributed by atoms with van der Waals surface area (Å²) < 4.78 is 0. The van der Waals surface area contributed by atoms with Gasteiger partial charge < -0.3 is 5.32 Å². The van der Waals surface area contributed by atoms with E-state index >= 15 is 0 Å². The topological polar surface area (TPSA) is 24.9 Å². The van der Waals surface area contributed by atoms with Gasteiger partial charge in [-0.3, -0.25) is 0 Å². The highest BCUT2D eigenvalue weighted by atomic mass is 32.1. The maximum Gasteiger partial charge on any atom is 0.133 e. The molecule has 4 unspecified atom stereocenters. The molecule has 2 heterocycles. The van der Waals surface area contributed by atoms with Gasteiger partial charge in [-0.2, -0.15) is 0 Å². The molecule has 2 aromatic rings. The van der Waals surface area contributed by atoms with E-state index in [1.54, 1.807) is 11.3 Å². The van der Waals surface area contributed by atoms with Crippen molar-refractivity contribution >= 4 is 22.7 Å². The molecule has 0 radical (unpaired) electrons. The second kappa shape index (κ2) is 6.89. The van der Waals surface area contributed by atoms with Crippen molar-refractivity contribution in [1.82, 2.24) is 10.3 Å². The predicted molar refractivity (Wildman–Crippen MR) is 105 cm³/mol. The summed E-state index contributed by atoms with van der Waals surface area (Å²) in [5.41, 5.74) is 0.383. The van der Waals surface area contributed by atoms with Gasteiger partial charge in [0.15, 0.2) is 0 Å². The Bertz CT molecular complexity index is 659. The molecule has 2 aliphatic rings. The second-order valence-electron chi connectivity index (χ2n) is 8.07. The molecule has 4 atom stereocenters. The van der Waals surface area contributed by atoms with Crippen LogP contribution in [0.15, 0.2) is 23.7 Å². The molecule has 0 amide bonds. The van der Waals surface area contributed by atoms with Crippen molar-refractivity contribution in [3.8, 4) is 9.88 Å². The Morgan fingerprint density at radius 2 is 2.21 bits per heavy atom. The molecule has 0 saturated heterocycles. The largest absolute Gasteiger partial charge is 0.306 e. The molecular formula is C20H28N2S2. The van der Waals surface area contributed by atoms with E-state index < -0.39 is 0 Å². The zero-order chi connectivity index (χ0) is 16.6. The fourth-order valence-corrected chi connectivity index (χ4v) is 6.85. The van der Waals surface area contributed by atoms with E-state index in [2.05, 4.69) is 47.9 Å². The second-order valence-corrected chi connectivity index (χ2v) is 10.1. The van der Waals surface area contributed by atoms with Crippen LogP contribution in [0.1, 0.15) is 57.2 Å². The zero-order valence-electron chi connectivity index (χ0n) is 14.8. The van der Waals surface area contributed by atoms with Crippen LogP contribution in [0.2, 0.25) is 0 Å². The van der Waals surface area contributed by atoms with Gasteiger partial charge in [0, 0.05) is 23.2 Å². The number of thiazole rings is 1. The van der Waals surface area contributed by atoms with E-state index in [0.29, 0.717) is 5.54 Å². The standard InChI is InChI=1S/C20H28N2S2/c1-3-15-8-16-7-14(2)9-20(10-15,11-16)22-13-17-12-21-19(24-17)18-5-4-6-23-18/h4-6,12,14-16,22H,3,7-11,13H2,1-2H3. The van der Waals surface area contributed by atoms with E-state index in [0.717, 1.165) is 24.3 Å². The van der Waals surface area contributed by atoms with Crippen LogP contribution in [-0.2, 0) is 6.54 Å². The van der Waals surface area contributed by atoms with Gasteiger partial charge in [-0.15, -0.1) is 22.7 Å². The summed E-state index contributed by atoms with van der Waals surface area (Å²) in [6, 6.07) is 4.27. The number of nitrogens with zero attached hydrogens (tertiary/aromatic N) is 1. The lowest BCUT2D eigenvalue weighted by Gasteiger charge is -2.51. The van der Waals surface area contributed by atoms with Crippen LogP contribution in [0.5, 0.6) is 0 Å². The van der Waals surface area contributed by atoms with E-state index in [4.69, 9.17) is 0 Å². The highest BCUT2D eigenvalue weighted by molar-refractivity contribution is 7.20. The lowest BCUT2D eigenvalue weighted by molar-refractivity contribution is 0.0477. The van der Waals surface area contributed by atoms with E-state index in [9.17, 15) is 0 Å². The molecule has 2 aliphatic carbocycles. The molecule has 4 heteroatoms. The monoisotopic (exact) mass is 360 g/mol. The first-order valence-corrected chi connectivity index (χ1v) is 11.1. The minimum absolute atomic E-state index is 0.383. The number of fused-ring (bicyclic) bond motifs is 2. The number of nitrogens with one attached hydrogen (secondary N) is 1. The normalized spacial score (nSPS) is 32.8. The lowest BCUT2D eigenvalue weighted by atomic mass is 9.60. The third-order valence-electron chi connectivity index (χ3n) is 6.00. The molecule has 2 aromatic heterocycles. The SMILES string of the molecule is CCC1CC2CC(C)CC(NCc3cnc(-c4cccs4)s3)(C1)C2. The van der Waals surface area contributed by atoms with Crippen molar-refractivity contribution < 1.29 is 0 Å². The fourth-order valence-electron chi connectivity index (χ4n) is 5.20. The number of hydrogen-bond acceptors (Lipinski definition) is 4. The van der Waals surface area contributed by atoms with Crippen LogP contribution in [0.4, 0.5) is 0 Å². The third kappa shape index (κ3) is 3.47. The zero-order valence-corrected chi connectivity index (χ0v) is 16.4. The Kier molecular flexibility index (Phi) is 4.81. The first kappa shape index (κ1) is 16.7. The van der Waals surface area contributed by atoms with Crippen molar-refractivity contribution in [2.45, 2.75) is 64.5 Å². The third-order valence-corrected chi connectivity index (χ3v) is 8.04. The van der Waals surface area contributed by atoms with Crippen molar-refractivity contribution in [2.24, 2.45) is 17.8 Å². The maximum atomic E-state index is 4.63. The first-order valence-electron chi connectivity index (χ1n) is 9.39. The maximum absolute atomic E-state index is 4.63. The molecule has 2 bridgehead atoms. The van der Waals surface area contributed by atoms with Crippen molar-refractivity contribution in [2.75, 3.05) is 0 Å². The molecule has 4 rings (SSSR count). The Balaban J connectivity index is 1.45. The fraction of sp³-hybridized carbons (Fsp3) is 0.650. The smallest absolute Gasteiger partial charge is 0.133 e. The summed E-state index contributed by atoms with van der Waals surface area (Å²) in [5, 5.41) is 7.31. The van der Waals surface area contributed by atoms with Gasteiger partial charge in [0.25, 0.3) is 0 Å². The molecule has 24 heavy (non-hydrogen) atoms. The Morgan fingerprint density at radius 1 is 1.29 bits per heavy atom. The van der Waals surface area contributed by atoms with Gasteiger partial charge in [-0.25, -0.2) is 4.98 Å². The summed E-state index contributed by atoms with van der Waals surface area (Å²) in [6.45, 7) is 5.81. The van der Waals surface area contributed by atoms with Crippen LogP contribution in [0.25, 0.3) is 9.88 Å². The Hall–Kier alpha value is -0.710. The summed E-state index contributed by atoms with van der Waals surface area (Å²) >= 11 is 3.63. The number of hydrogen-bond donors (Lipinski definition) is 1. The average Bonchev–Trinajstić information content (AvgIpc) is 3.23. The quantitative estimate of drug-likeness (QED) is 0.712. The number of thiophene rings is 1. The Labute approximate surface area is 153 Å². The highest BCUT2D eigenvalue weighted by Gasteiger charge is 2.44. The molecule has 1 N–H and O–H groups in total. The minimum Gasteiger partial charge on any atom is -0.306 e. The van der Waals surface area contributed by atoms with E-state index in [1.165, 1.54) is 53.3 Å². The van der Waals surface area contributed by atoms with Gasteiger partial charge in [0.2, 0.25) is 0 Å². The molecule has 2 fully saturated rings. The van der Waals surface area contributed by atoms with Crippen LogP contribution in [-0.4, -0.2) is 10.5 Å². The van der Waals surface area contributed by atoms with Crippen molar-refractivity contribution in [3.05, 3.63) is 28.6 Å². The van der Waals surface area contributed by atoms with Gasteiger partial charge in [0.05, 0.1) is 4.88 Å². The Morgan fingerprint density at radius 3 is 3.00 bits per heavy atom. The first-order chi connectivity index (χ1) is 11.7. The number of aromatic nitrogens is 1. The summed E-state index contributed by atoms with van der Waals surface area (Å²) in [5.74, 6) is 2.74.